The van der Waals surface area contributed by atoms with Crippen molar-refractivity contribution in [2.24, 2.45) is 0 Å². The normalized spacial score (nSPS) is 15.1. The van der Waals surface area contributed by atoms with Crippen molar-refractivity contribution >= 4 is 5.82 Å². The summed E-state index contributed by atoms with van der Waals surface area (Å²) in [5.41, 5.74) is 4.05. The monoisotopic (exact) mass is 481 g/mol. The number of pyridine rings is 3. The van der Waals surface area contributed by atoms with E-state index in [1.54, 1.807) is 23.0 Å². The van der Waals surface area contributed by atoms with Gasteiger partial charge in [0.1, 0.15) is 11.6 Å². The molecule has 3 aromatic heterocycles. The molecular formula is C29H31N5O2. The lowest BCUT2D eigenvalue weighted by atomic mass is 9.95. The largest absolute Gasteiger partial charge is 0.507 e. The van der Waals surface area contributed by atoms with Gasteiger partial charge in [-0.3, -0.25) is 14.7 Å². The van der Waals surface area contributed by atoms with Gasteiger partial charge in [0.2, 0.25) is 0 Å². The van der Waals surface area contributed by atoms with Crippen molar-refractivity contribution in [2.75, 3.05) is 31.1 Å². The van der Waals surface area contributed by atoms with Gasteiger partial charge in [-0.2, -0.15) is 0 Å². The standard InChI is InChI=1S/C29H31N5O2/c1-21-8-10-24(11-9-21)28(33-16-14-32(15-17-33)26-7-3-4-13-31-26)27-25(35)18-22(2)34(29(27)36)20-23-6-5-12-30-19-23/h3-13,18-19,28,35H,14-17,20H2,1-2H3/t28-/m1/s1. The summed E-state index contributed by atoms with van der Waals surface area (Å²) in [6.45, 7) is 7.36. The average molecular weight is 482 g/mol. The Morgan fingerprint density at radius 1 is 0.944 bits per heavy atom. The molecule has 1 aromatic carbocycles. The summed E-state index contributed by atoms with van der Waals surface area (Å²) in [5.74, 6) is 0.999. The lowest BCUT2D eigenvalue weighted by Crippen LogP contribution is -2.49. The Morgan fingerprint density at radius 2 is 1.72 bits per heavy atom. The van der Waals surface area contributed by atoms with Crippen LogP contribution in [-0.4, -0.2) is 50.7 Å². The number of hydrogen-bond acceptors (Lipinski definition) is 6. The molecule has 1 N–H and O–H groups in total. The first-order valence-corrected chi connectivity index (χ1v) is 12.3. The molecule has 5 rings (SSSR count). The lowest BCUT2D eigenvalue weighted by Gasteiger charge is -2.40. The number of anilines is 1. The number of aryl methyl sites for hydroxylation is 2. The van der Waals surface area contributed by atoms with Gasteiger partial charge in [0.15, 0.2) is 0 Å². The molecule has 0 unspecified atom stereocenters. The highest BCUT2D eigenvalue weighted by Crippen LogP contribution is 2.34. The number of hydrogen-bond donors (Lipinski definition) is 1. The predicted octanol–water partition coefficient (Wildman–Crippen LogP) is 3.92. The van der Waals surface area contributed by atoms with Crippen LogP contribution in [0.1, 0.15) is 34.0 Å². The number of rotatable bonds is 6. The van der Waals surface area contributed by atoms with Crippen molar-refractivity contribution < 1.29 is 5.11 Å². The van der Waals surface area contributed by atoms with Crippen LogP contribution in [0.25, 0.3) is 0 Å². The van der Waals surface area contributed by atoms with E-state index < -0.39 is 0 Å². The fraction of sp³-hybridized carbons (Fsp3) is 0.276. The lowest BCUT2D eigenvalue weighted by molar-refractivity contribution is 0.207. The third kappa shape index (κ3) is 4.88. The second-order valence-corrected chi connectivity index (χ2v) is 9.36. The van der Waals surface area contributed by atoms with Crippen molar-refractivity contribution in [2.45, 2.75) is 26.4 Å². The number of piperazine rings is 1. The minimum Gasteiger partial charge on any atom is -0.507 e. The molecule has 0 amide bonds. The van der Waals surface area contributed by atoms with Crippen LogP contribution < -0.4 is 10.5 Å². The minimum absolute atomic E-state index is 0.0395. The zero-order valence-electron chi connectivity index (χ0n) is 20.7. The van der Waals surface area contributed by atoms with E-state index >= 15 is 0 Å². The van der Waals surface area contributed by atoms with Gasteiger partial charge in [0.25, 0.3) is 5.56 Å². The maximum Gasteiger partial charge on any atom is 0.259 e. The third-order valence-corrected chi connectivity index (χ3v) is 6.91. The molecule has 36 heavy (non-hydrogen) atoms. The van der Waals surface area contributed by atoms with Crippen LogP contribution in [0, 0.1) is 13.8 Å². The van der Waals surface area contributed by atoms with E-state index in [4.69, 9.17) is 0 Å². The molecule has 1 fully saturated rings. The maximum absolute atomic E-state index is 14.0. The Balaban J connectivity index is 1.53. The van der Waals surface area contributed by atoms with Gasteiger partial charge >= 0.3 is 0 Å². The van der Waals surface area contributed by atoms with Crippen LogP contribution in [0.3, 0.4) is 0 Å². The Hall–Kier alpha value is -3.97. The molecule has 4 heterocycles. The Bertz CT molecular complexity index is 1360. The summed E-state index contributed by atoms with van der Waals surface area (Å²) in [6, 6.07) is 19.4. The second-order valence-electron chi connectivity index (χ2n) is 9.36. The zero-order valence-corrected chi connectivity index (χ0v) is 20.7. The molecule has 184 valence electrons. The van der Waals surface area contributed by atoms with Gasteiger partial charge in [-0.1, -0.05) is 42.0 Å². The van der Waals surface area contributed by atoms with Crippen LogP contribution in [0.5, 0.6) is 5.75 Å². The quantitative estimate of drug-likeness (QED) is 0.450. The first-order chi connectivity index (χ1) is 17.5. The molecule has 7 nitrogen and oxygen atoms in total. The van der Waals surface area contributed by atoms with Crippen LogP contribution in [-0.2, 0) is 6.54 Å². The summed E-state index contributed by atoms with van der Waals surface area (Å²) in [5, 5.41) is 11.1. The van der Waals surface area contributed by atoms with Gasteiger partial charge in [0, 0.05) is 50.5 Å². The van der Waals surface area contributed by atoms with E-state index in [1.807, 2.05) is 43.5 Å². The molecular weight excluding hydrogens is 450 g/mol. The van der Waals surface area contributed by atoms with E-state index in [9.17, 15) is 9.90 Å². The molecule has 4 aromatic rings. The third-order valence-electron chi connectivity index (χ3n) is 6.91. The van der Waals surface area contributed by atoms with Gasteiger partial charge in [-0.05, 0) is 49.2 Å². The van der Waals surface area contributed by atoms with E-state index in [1.165, 1.54) is 0 Å². The van der Waals surface area contributed by atoms with E-state index in [0.29, 0.717) is 17.8 Å². The Morgan fingerprint density at radius 3 is 2.39 bits per heavy atom. The van der Waals surface area contributed by atoms with Crippen molar-refractivity contribution in [3.05, 3.63) is 118 Å². The average Bonchev–Trinajstić information content (AvgIpc) is 2.91. The molecule has 7 heteroatoms. The molecule has 0 radical (unpaired) electrons. The van der Waals surface area contributed by atoms with E-state index in [2.05, 4.69) is 51.0 Å². The van der Waals surface area contributed by atoms with Crippen molar-refractivity contribution in [1.82, 2.24) is 19.4 Å². The fourth-order valence-electron chi connectivity index (χ4n) is 4.96. The number of benzene rings is 1. The van der Waals surface area contributed by atoms with Crippen molar-refractivity contribution in [3.63, 3.8) is 0 Å². The van der Waals surface area contributed by atoms with Gasteiger partial charge < -0.3 is 14.6 Å². The zero-order chi connectivity index (χ0) is 25.1. The van der Waals surface area contributed by atoms with Crippen molar-refractivity contribution in [3.8, 4) is 5.75 Å². The minimum atomic E-state index is -0.357. The summed E-state index contributed by atoms with van der Waals surface area (Å²) in [7, 11) is 0. The summed E-state index contributed by atoms with van der Waals surface area (Å²) < 4.78 is 1.73. The highest BCUT2D eigenvalue weighted by Gasteiger charge is 2.31. The first kappa shape index (κ1) is 23.8. The molecule has 0 aliphatic carbocycles. The van der Waals surface area contributed by atoms with Crippen LogP contribution >= 0.6 is 0 Å². The summed E-state index contributed by atoms with van der Waals surface area (Å²) in [4.78, 5) is 27.2. The fourth-order valence-corrected chi connectivity index (χ4v) is 4.96. The highest BCUT2D eigenvalue weighted by molar-refractivity contribution is 5.43. The van der Waals surface area contributed by atoms with Crippen molar-refractivity contribution in [1.29, 1.82) is 0 Å². The number of aromatic hydroxyl groups is 1. The molecule has 1 atom stereocenters. The van der Waals surface area contributed by atoms with E-state index in [-0.39, 0.29) is 17.4 Å². The van der Waals surface area contributed by atoms with Gasteiger partial charge in [-0.15, -0.1) is 0 Å². The maximum atomic E-state index is 14.0. The second kappa shape index (κ2) is 10.3. The molecule has 1 aliphatic rings. The number of aromatic nitrogens is 3. The topological polar surface area (TPSA) is 74.5 Å². The van der Waals surface area contributed by atoms with Gasteiger partial charge in [-0.25, -0.2) is 4.98 Å². The number of nitrogens with zero attached hydrogens (tertiary/aromatic N) is 5. The highest BCUT2D eigenvalue weighted by atomic mass is 16.3. The molecule has 0 saturated carbocycles. The van der Waals surface area contributed by atoms with Crippen LogP contribution in [0.2, 0.25) is 0 Å². The predicted molar refractivity (Wildman–Crippen MR) is 141 cm³/mol. The summed E-state index contributed by atoms with van der Waals surface area (Å²) >= 11 is 0. The Labute approximate surface area is 211 Å². The first-order valence-electron chi connectivity index (χ1n) is 12.3. The smallest absolute Gasteiger partial charge is 0.259 e. The SMILES string of the molecule is Cc1ccc([C@H](c2c(O)cc(C)n(Cc3cccnc3)c2=O)N2CCN(c3ccccn3)CC2)cc1. The molecule has 1 saturated heterocycles. The van der Waals surface area contributed by atoms with Gasteiger partial charge in [0.05, 0.1) is 18.2 Å². The molecule has 0 bridgehead atoms. The van der Waals surface area contributed by atoms with Crippen LogP contribution in [0.4, 0.5) is 5.82 Å². The summed E-state index contributed by atoms with van der Waals surface area (Å²) in [6.07, 6.45) is 5.30. The Kier molecular flexibility index (Phi) is 6.82. The van der Waals surface area contributed by atoms with Crippen LogP contribution in [0.15, 0.2) is 84.0 Å². The molecule has 0 spiro atoms. The molecule has 1 aliphatic heterocycles. The van der Waals surface area contributed by atoms with E-state index in [0.717, 1.165) is 48.7 Å².